The van der Waals surface area contributed by atoms with Crippen molar-refractivity contribution in [1.82, 2.24) is 19.9 Å². The van der Waals surface area contributed by atoms with Crippen LogP contribution in [-0.2, 0) is 14.3 Å². The van der Waals surface area contributed by atoms with Crippen LogP contribution in [0.2, 0.25) is 0 Å². The highest BCUT2D eigenvalue weighted by Crippen LogP contribution is 2.27. The zero-order chi connectivity index (χ0) is 26.9. The normalized spacial score (nSPS) is 16.3. The molecule has 2 aromatic heterocycles. The molecule has 0 spiro atoms. The van der Waals surface area contributed by atoms with Crippen molar-refractivity contribution in [2.45, 2.75) is 6.92 Å². The van der Waals surface area contributed by atoms with Gasteiger partial charge >= 0.3 is 11.9 Å². The van der Waals surface area contributed by atoms with Crippen LogP contribution in [0, 0.1) is 0 Å². The van der Waals surface area contributed by atoms with E-state index >= 15 is 0 Å². The van der Waals surface area contributed by atoms with E-state index in [1.807, 2.05) is 12.1 Å². The van der Waals surface area contributed by atoms with E-state index in [0.29, 0.717) is 0 Å². The Labute approximate surface area is 221 Å². The maximum atomic E-state index is 9.10. The van der Waals surface area contributed by atoms with E-state index in [1.165, 1.54) is 10.8 Å². The number of anilines is 2. The molecule has 0 aliphatic carbocycles. The molecule has 11 heteroatoms. The number of benzene rings is 1. The van der Waals surface area contributed by atoms with Gasteiger partial charge in [-0.05, 0) is 30.1 Å². The van der Waals surface area contributed by atoms with E-state index in [2.05, 4.69) is 68.0 Å². The molecule has 0 unspecified atom stereocenters. The third-order valence-electron chi connectivity index (χ3n) is 6.48. The number of morpholine rings is 1. The Hall–Kier alpha value is -4.09. The van der Waals surface area contributed by atoms with Gasteiger partial charge in [0.1, 0.15) is 18.0 Å². The van der Waals surface area contributed by atoms with Gasteiger partial charge < -0.3 is 29.6 Å². The van der Waals surface area contributed by atoms with E-state index in [4.69, 9.17) is 29.5 Å². The SMILES string of the molecule is CCN1CCN(c2nc(C=Cc3cc(N4CCOCC4)ncn3)cc3ccccc23)CC1.O=C(O)C(=O)O. The van der Waals surface area contributed by atoms with Crippen molar-refractivity contribution in [2.24, 2.45) is 0 Å². The summed E-state index contributed by atoms with van der Waals surface area (Å²) in [4.78, 5) is 39.3. The Balaban J connectivity index is 0.000000505. The van der Waals surface area contributed by atoms with Gasteiger partial charge in [-0.3, -0.25) is 0 Å². The number of fused-ring (bicyclic) bond motifs is 1. The summed E-state index contributed by atoms with van der Waals surface area (Å²) in [6.07, 6.45) is 5.72. The predicted molar refractivity (Wildman–Crippen MR) is 145 cm³/mol. The number of aromatic nitrogens is 3. The van der Waals surface area contributed by atoms with Crippen molar-refractivity contribution in [1.29, 1.82) is 0 Å². The lowest BCUT2D eigenvalue weighted by atomic mass is 10.1. The van der Waals surface area contributed by atoms with Gasteiger partial charge in [0.2, 0.25) is 0 Å². The van der Waals surface area contributed by atoms with Gasteiger partial charge in [0.05, 0.1) is 24.6 Å². The molecule has 200 valence electrons. The Morgan fingerprint density at radius 3 is 2.26 bits per heavy atom. The third kappa shape index (κ3) is 7.02. The zero-order valence-corrected chi connectivity index (χ0v) is 21.4. The summed E-state index contributed by atoms with van der Waals surface area (Å²) in [6.45, 7) is 10.7. The fourth-order valence-corrected chi connectivity index (χ4v) is 4.39. The van der Waals surface area contributed by atoms with Crippen LogP contribution in [0.15, 0.2) is 42.7 Å². The molecule has 0 atom stereocenters. The number of carboxylic acid groups (broad SMARTS) is 2. The molecule has 1 aromatic carbocycles. The Bertz CT molecular complexity index is 1270. The Morgan fingerprint density at radius 1 is 0.895 bits per heavy atom. The maximum absolute atomic E-state index is 9.10. The molecule has 3 aromatic rings. The second-order valence-corrected chi connectivity index (χ2v) is 8.86. The minimum absolute atomic E-state index is 0.742. The van der Waals surface area contributed by atoms with E-state index in [0.717, 1.165) is 82.1 Å². The molecule has 0 amide bonds. The zero-order valence-electron chi connectivity index (χ0n) is 21.4. The van der Waals surface area contributed by atoms with Crippen molar-refractivity contribution in [3.05, 3.63) is 54.1 Å². The Morgan fingerprint density at radius 2 is 1.58 bits per heavy atom. The van der Waals surface area contributed by atoms with E-state index in [1.54, 1.807) is 6.33 Å². The second kappa shape index (κ2) is 12.9. The summed E-state index contributed by atoms with van der Waals surface area (Å²) in [7, 11) is 0. The van der Waals surface area contributed by atoms with E-state index < -0.39 is 11.9 Å². The van der Waals surface area contributed by atoms with Crippen molar-refractivity contribution >= 4 is 46.5 Å². The quantitative estimate of drug-likeness (QED) is 0.480. The molecule has 0 radical (unpaired) electrons. The first kappa shape index (κ1) is 27.0. The minimum atomic E-state index is -1.82. The van der Waals surface area contributed by atoms with Crippen molar-refractivity contribution in [3.8, 4) is 0 Å². The summed E-state index contributed by atoms with van der Waals surface area (Å²) in [5, 5.41) is 17.2. The first-order valence-corrected chi connectivity index (χ1v) is 12.6. The van der Waals surface area contributed by atoms with Crippen LogP contribution < -0.4 is 9.80 Å². The molecule has 2 aliphatic heterocycles. The van der Waals surface area contributed by atoms with Gasteiger partial charge in [0, 0.05) is 50.7 Å². The number of nitrogens with zero attached hydrogens (tertiary/aromatic N) is 6. The molecular formula is C27H32N6O5. The molecule has 5 rings (SSSR count). The number of carbonyl (C=O) groups is 2. The van der Waals surface area contributed by atoms with Gasteiger partial charge in [-0.2, -0.15) is 0 Å². The van der Waals surface area contributed by atoms with E-state index in [9.17, 15) is 0 Å². The van der Waals surface area contributed by atoms with Crippen LogP contribution in [0.1, 0.15) is 18.3 Å². The van der Waals surface area contributed by atoms with Crippen molar-refractivity contribution < 1.29 is 24.5 Å². The number of hydrogen-bond donors (Lipinski definition) is 2. The topological polar surface area (TPSA) is 132 Å². The van der Waals surface area contributed by atoms with Gasteiger partial charge in [-0.1, -0.05) is 31.2 Å². The second-order valence-electron chi connectivity index (χ2n) is 8.86. The molecule has 0 saturated carbocycles. The molecule has 2 fully saturated rings. The molecular weight excluding hydrogens is 488 g/mol. The molecule has 2 N–H and O–H groups in total. The van der Waals surface area contributed by atoms with Gasteiger partial charge in [0.15, 0.2) is 0 Å². The van der Waals surface area contributed by atoms with Gasteiger partial charge in [-0.15, -0.1) is 0 Å². The van der Waals surface area contributed by atoms with E-state index in [-0.39, 0.29) is 0 Å². The van der Waals surface area contributed by atoms with Crippen LogP contribution in [0.4, 0.5) is 11.6 Å². The fraction of sp³-hybridized carbons (Fsp3) is 0.370. The highest BCUT2D eigenvalue weighted by molar-refractivity contribution is 6.27. The smallest absolute Gasteiger partial charge is 0.414 e. The summed E-state index contributed by atoms with van der Waals surface area (Å²) >= 11 is 0. The summed E-state index contributed by atoms with van der Waals surface area (Å²) in [5.74, 6) is -1.62. The third-order valence-corrected chi connectivity index (χ3v) is 6.48. The monoisotopic (exact) mass is 520 g/mol. The minimum Gasteiger partial charge on any atom is -0.473 e. The number of piperazine rings is 1. The van der Waals surface area contributed by atoms with Crippen LogP contribution in [0.3, 0.4) is 0 Å². The molecule has 0 bridgehead atoms. The van der Waals surface area contributed by atoms with Crippen LogP contribution in [0.5, 0.6) is 0 Å². The molecule has 11 nitrogen and oxygen atoms in total. The first-order valence-electron chi connectivity index (χ1n) is 12.6. The van der Waals surface area contributed by atoms with Crippen LogP contribution in [0.25, 0.3) is 22.9 Å². The summed E-state index contributed by atoms with van der Waals surface area (Å²) in [5.41, 5.74) is 1.83. The first-order chi connectivity index (χ1) is 18.4. The standard InChI is InChI=1S/C25H30N6O.C2H2O4/c1-2-29-9-11-31(12-10-29)25-23-6-4-3-5-20(23)17-22(28-25)8-7-21-18-24(27-19-26-21)30-13-15-32-16-14-30;3-1(4)2(5)6/h3-8,17-19H,2,9-16H2,1H3;(H,3,4)(H,5,6). The van der Waals surface area contributed by atoms with Crippen molar-refractivity contribution in [2.75, 3.05) is 68.8 Å². The predicted octanol–water partition coefficient (Wildman–Crippen LogP) is 2.33. The molecule has 4 heterocycles. The number of carboxylic acids is 2. The largest absolute Gasteiger partial charge is 0.473 e. The maximum Gasteiger partial charge on any atom is 0.414 e. The summed E-state index contributed by atoms with van der Waals surface area (Å²) in [6, 6.07) is 12.7. The van der Waals surface area contributed by atoms with Crippen LogP contribution in [-0.4, -0.2) is 101 Å². The average molecular weight is 521 g/mol. The lowest BCUT2D eigenvalue weighted by Crippen LogP contribution is -2.46. The van der Waals surface area contributed by atoms with Crippen molar-refractivity contribution in [3.63, 3.8) is 0 Å². The summed E-state index contributed by atoms with van der Waals surface area (Å²) < 4.78 is 5.45. The average Bonchev–Trinajstić information content (AvgIpc) is 2.96. The number of rotatable bonds is 5. The number of ether oxygens (including phenoxy) is 1. The number of likely N-dealkylation sites (N-methyl/N-ethyl adjacent to an activating group) is 1. The number of aliphatic carboxylic acids is 2. The Kier molecular flexibility index (Phi) is 9.17. The number of pyridine rings is 1. The highest BCUT2D eigenvalue weighted by atomic mass is 16.5. The number of hydrogen-bond acceptors (Lipinski definition) is 9. The molecule has 2 saturated heterocycles. The molecule has 38 heavy (non-hydrogen) atoms. The lowest BCUT2D eigenvalue weighted by molar-refractivity contribution is -0.159. The van der Waals surface area contributed by atoms with Crippen LogP contribution >= 0.6 is 0 Å². The fourth-order valence-electron chi connectivity index (χ4n) is 4.39. The lowest BCUT2D eigenvalue weighted by Gasteiger charge is -2.35. The highest BCUT2D eigenvalue weighted by Gasteiger charge is 2.19. The van der Waals surface area contributed by atoms with Gasteiger partial charge in [-0.25, -0.2) is 24.5 Å². The molecule has 2 aliphatic rings. The van der Waals surface area contributed by atoms with Gasteiger partial charge in [0.25, 0.3) is 0 Å².